The van der Waals surface area contributed by atoms with Crippen molar-refractivity contribution in [2.24, 2.45) is 0 Å². The number of hydrogen-bond acceptors (Lipinski definition) is 3. The fraction of sp³-hybridized carbons (Fsp3) is 0.0909. The first-order chi connectivity index (χ1) is 8.41. The predicted octanol–water partition coefficient (Wildman–Crippen LogP) is 2.18. The summed E-state index contributed by atoms with van der Waals surface area (Å²) in [7, 11) is 0. The Hall–Kier alpha value is -2.31. The number of rotatable bonds is 0. The van der Waals surface area contributed by atoms with Gasteiger partial charge in [-0.15, -0.1) is 0 Å². The minimum absolute atomic E-state index is 0.306. The van der Waals surface area contributed by atoms with Crippen LogP contribution < -0.4 is 5.56 Å². The van der Waals surface area contributed by atoms with Gasteiger partial charge in [-0.1, -0.05) is 30.3 Å². The second kappa shape index (κ2) is 5.85. The molecule has 7 heteroatoms. The molecular weight excluding hydrogens is 249 g/mol. The van der Waals surface area contributed by atoms with E-state index in [1.807, 2.05) is 5.10 Å². The largest absolute Gasteiger partial charge is 0.503 e. The second-order valence-corrected chi connectivity index (χ2v) is 3.13. The van der Waals surface area contributed by atoms with Crippen molar-refractivity contribution in [2.45, 2.75) is 6.18 Å². The summed E-state index contributed by atoms with van der Waals surface area (Å²) < 4.78 is 35.4. The molecule has 2 aromatic rings. The van der Waals surface area contributed by atoms with Crippen LogP contribution in [0.1, 0.15) is 5.56 Å². The standard InChI is InChI=1S/C7H5F3.C4H4N2O2/c8-7(9,10)6-4-2-1-3-5-6;7-3-1-2-5-6-4(3)8/h1-5H;1-2H,(H,5,7)(H,6,8). The second-order valence-electron chi connectivity index (χ2n) is 3.13. The van der Waals surface area contributed by atoms with E-state index in [0.717, 1.165) is 12.1 Å². The highest BCUT2D eigenvalue weighted by Gasteiger charge is 2.29. The van der Waals surface area contributed by atoms with Gasteiger partial charge in [0.15, 0.2) is 5.75 Å². The Morgan fingerprint density at radius 2 is 1.72 bits per heavy atom. The fourth-order valence-corrected chi connectivity index (χ4v) is 0.964. The molecule has 0 amide bonds. The van der Waals surface area contributed by atoms with Gasteiger partial charge >= 0.3 is 11.7 Å². The molecule has 0 fully saturated rings. The number of benzene rings is 1. The van der Waals surface area contributed by atoms with Gasteiger partial charge in [0.1, 0.15) is 0 Å². The number of aromatic nitrogens is 2. The third-order valence-electron chi connectivity index (χ3n) is 1.81. The van der Waals surface area contributed by atoms with Gasteiger partial charge in [-0.3, -0.25) is 4.79 Å². The van der Waals surface area contributed by atoms with Crippen molar-refractivity contribution in [1.29, 1.82) is 0 Å². The van der Waals surface area contributed by atoms with Crippen molar-refractivity contribution in [3.05, 3.63) is 58.5 Å². The first-order valence-corrected chi connectivity index (χ1v) is 4.76. The van der Waals surface area contributed by atoms with E-state index in [1.165, 1.54) is 24.4 Å². The van der Waals surface area contributed by atoms with Gasteiger partial charge in [-0.2, -0.15) is 18.3 Å². The molecule has 0 saturated heterocycles. The molecule has 0 bridgehead atoms. The molecule has 2 rings (SSSR count). The first kappa shape index (κ1) is 13.8. The lowest BCUT2D eigenvalue weighted by atomic mass is 10.2. The summed E-state index contributed by atoms with van der Waals surface area (Å²) in [5.74, 6) is -0.306. The Bertz CT molecular complexity index is 538. The Kier molecular flexibility index (Phi) is 4.47. The zero-order chi connectivity index (χ0) is 13.6. The quantitative estimate of drug-likeness (QED) is 0.761. The minimum Gasteiger partial charge on any atom is -0.503 e. The van der Waals surface area contributed by atoms with E-state index in [0.29, 0.717) is 0 Å². The van der Waals surface area contributed by atoms with Crippen LogP contribution in [0.15, 0.2) is 47.4 Å². The molecule has 0 aliphatic heterocycles. The average Bonchev–Trinajstić information content (AvgIpc) is 2.34. The molecule has 1 heterocycles. The lowest BCUT2D eigenvalue weighted by molar-refractivity contribution is -0.137. The molecule has 4 nitrogen and oxygen atoms in total. The maximum Gasteiger partial charge on any atom is 0.416 e. The summed E-state index contributed by atoms with van der Waals surface area (Å²) in [6.45, 7) is 0. The number of H-pyrrole nitrogens is 1. The number of hydrogen-bond donors (Lipinski definition) is 2. The van der Waals surface area contributed by atoms with Crippen molar-refractivity contribution in [1.82, 2.24) is 10.2 Å². The smallest absolute Gasteiger partial charge is 0.416 e. The summed E-state index contributed by atoms with van der Waals surface area (Å²) in [5, 5.41) is 13.9. The summed E-state index contributed by atoms with van der Waals surface area (Å²) in [6.07, 6.45) is -2.90. The number of nitrogens with one attached hydrogen (secondary N) is 1. The maximum atomic E-state index is 11.8. The minimum atomic E-state index is -4.21. The monoisotopic (exact) mass is 258 g/mol. The van der Waals surface area contributed by atoms with Crippen LogP contribution in [-0.2, 0) is 6.18 Å². The van der Waals surface area contributed by atoms with Gasteiger partial charge < -0.3 is 5.11 Å². The lowest BCUT2D eigenvalue weighted by Gasteiger charge is -2.03. The summed E-state index contributed by atoms with van der Waals surface area (Å²) in [4.78, 5) is 10.3. The molecule has 0 aliphatic carbocycles. The van der Waals surface area contributed by atoms with Gasteiger partial charge in [0.05, 0.1) is 11.8 Å². The van der Waals surface area contributed by atoms with Gasteiger partial charge in [-0.05, 0) is 0 Å². The predicted molar refractivity (Wildman–Crippen MR) is 58.0 cm³/mol. The molecule has 0 spiro atoms. The Balaban J connectivity index is 0.000000184. The van der Waals surface area contributed by atoms with Crippen molar-refractivity contribution in [3.63, 3.8) is 0 Å². The first-order valence-electron chi connectivity index (χ1n) is 4.76. The Labute approximate surface area is 99.7 Å². The summed E-state index contributed by atoms with van der Waals surface area (Å²) in [5.41, 5.74) is -1.16. The van der Waals surface area contributed by atoms with Gasteiger partial charge in [0.2, 0.25) is 0 Å². The number of aromatic amines is 1. The maximum absolute atomic E-state index is 11.8. The number of alkyl halides is 3. The van der Waals surface area contributed by atoms with Crippen LogP contribution in [0.2, 0.25) is 0 Å². The van der Waals surface area contributed by atoms with Crippen LogP contribution in [-0.4, -0.2) is 15.3 Å². The van der Waals surface area contributed by atoms with E-state index in [1.54, 1.807) is 6.07 Å². The van der Waals surface area contributed by atoms with Crippen LogP contribution in [0.25, 0.3) is 0 Å². The molecule has 0 aliphatic rings. The van der Waals surface area contributed by atoms with E-state index < -0.39 is 17.3 Å². The van der Waals surface area contributed by atoms with Crippen LogP contribution >= 0.6 is 0 Å². The van der Waals surface area contributed by atoms with Crippen molar-refractivity contribution >= 4 is 0 Å². The molecular formula is C11H9F3N2O2. The SMILES string of the molecule is FC(F)(F)c1ccccc1.O=c1[nH]nccc1O. The molecule has 0 saturated carbocycles. The van der Waals surface area contributed by atoms with E-state index in [-0.39, 0.29) is 5.75 Å². The van der Waals surface area contributed by atoms with Crippen molar-refractivity contribution in [2.75, 3.05) is 0 Å². The van der Waals surface area contributed by atoms with Crippen molar-refractivity contribution < 1.29 is 18.3 Å². The molecule has 18 heavy (non-hydrogen) atoms. The number of nitrogens with zero attached hydrogens (tertiary/aromatic N) is 1. The number of halogens is 3. The molecule has 1 aromatic carbocycles. The molecule has 0 unspecified atom stereocenters. The van der Waals surface area contributed by atoms with Crippen molar-refractivity contribution in [3.8, 4) is 5.75 Å². The summed E-state index contributed by atoms with van der Waals surface area (Å²) >= 11 is 0. The zero-order valence-corrected chi connectivity index (χ0v) is 8.98. The average molecular weight is 258 g/mol. The highest BCUT2D eigenvalue weighted by Crippen LogP contribution is 2.28. The number of aromatic hydroxyl groups is 1. The normalized spacial score (nSPS) is 10.4. The van der Waals surface area contributed by atoms with E-state index in [2.05, 4.69) is 5.10 Å². The highest BCUT2D eigenvalue weighted by molar-refractivity contribution is 5.17. The van der Waals surface area contributed by atoms with E-state index in [9.17, 15) is 18.0 Å². The van der Waals surface area contributed by atoms with E-state index in [4.69, 9.17) is 5.11 Å². The zero-order valence-electron chi connectivity index (χ0n) is 8.98. The van der Waals surface area contributed by atoms with Crippen LogP contribution in [0.3, 0.4) is 0 Å². The Morgan fingerprint density at radius 1 is 1.11 bits per heavy atom. The third-order valence-corrected chi connectivity index (χ3v) is 1.81. The fourth-order valence-electron chi connectivity index (χ4n) is 0.964. The van der Waals surface area contributed by atoms with Crippen LogP contribution in [0.4, 0.5) is 13.2 Å². The highest BCUT2D eigenvalue weighted by atomic mass is 19.4. The summed E-state index contributed by atoms with van der Waals surface area (Å²) in [6, 6.07) is 7.58. The molecule has 0 atom stereocenters. The van der Waals surface area contributed by atoms with Gasteiger partial charge in [-0.25, -0.2) is 5.10 Å². The van der Waals surface area contributed by atoms with Crippen LogP contribution in [0, 0.1) is 0 Å². The molecule has 0 radical (unpaired) electrons. The molecule has 96 valence electrons. The third kappa shape index (κ3) is 4.28. The van der Waals surface area contributed by atoms with E-state index >= 15 is 0 Å². The lowest BCUT2D eigenvalue weighted by Crippen LogP contribution is -2.04. The van der Waals surface area contributed by atoms with Crippen LogP contribution in [0.5, 0.6) is 5.75 Å². The van der Waals surface area contributed by atoms with Gasteiger partial charge in [0, 0.05) is 6.07 Å². The Morgan fingerprint density at radius 3 is 2.06 bits per heavy atom. The molecule has 1 aromatic heterocycles. The molecule has 2 N–H and O–H groups in total. The van der Waals surface area contributed by atoms with Gasteiger partial charge in [0.25, 0.3) is 0 Å². The topological polar surface area (TPSA) is 66.0 Å².